The van der Waals surface area contributed by atoms with Crippen LogP contribution in [-0.4, -0.2) is 49.4 Å². The number of hydrogen-bond donors (Lipinski definition) is 1. The highest BCUT2D eigenvalue weighted by atomic mass is 16.5. The summed E-state index contributed by atoms with van der Waals surface area (Å²) in [4.78, 5) is 12.0. The molecule has 2 aliphatic heterocycles. The van der Waals surface area contributed by atoms with Gasteiger partial charge in [-0.15, -0.1) is 0 Å². The summed E-state index contributed by atoms with van der Waals surface area (Å²) in [6.07, 6.45) is 4.61. The zero-order valence-corrected chi connectivity index (χ0v) is 13.3. The van der Waals surface area contributed by atoms with Crippen molar-refractivity contribution in [2.75, 3.05) is 44.3 Å². The summed E-state index contributed by atoms with van der Waals surface area (Å²) in [7, 11) is 0. The number of anilines is 1. The highest BCUT2D eigenvalue weighted by Crippen LogP contribution is 2.28. The van der Waals surface area contributed by atoms with Crippen LogP contribution in [0, 0.1) is 0 Å². The second-order valence-corrected chi connectivity index (χ2v) is 5.98. The Morgan fingerprint density at radius 3 is 2.96 bits per heavy atom. The lowest BCUT2D eigenvalue weighted by molar-refractivity contribution is 0.152. The SMILES string of the molecule is c1coc(-c2nc3c(c(N4CCCOCC4)n2)CCNCC3)c1. The Bertz CT molecular complexity index is 649. The smallest absolute Gasteiger partial charge is 0.197 e. The predicted molar refractivity (Wildman–Crippen MR) is 87.7 cm³/mol. The fourth-order valence-electron chi connectivity index (χ4n) is 3.26. The maximum Gasteiger partial charge on any atom is 0.197 e. The molecule has 1 saturated heterocycles. The van der Waals surface area contributed by atoms with Crippen LogP contribution in [0.1, 0.15) is 17.7 Å². The summed E-state index contributed by atoms with van der Waals surface area (Å²) in [6.45, 7) is 5.39. The predicted octanol–water partition coefficient (Wildman–Crippen LogP) is 1.65. The van der Waals surface area contributed by atoms with Gasteiger partial charge in [-0.3, -0.25) is 0 Å². The maximum absolute atomic E-state index is 5.60. The molecule has 1 fully saturated rings. The van der Waals surface area contributed by atoms with E-state index in [-0.39, 0.29) is 0 Å². The highest BCUT2D eigenvalue weighted by Gasteiger charge is 2.22. The van der Waals surface area contributed by atoms with Gasteiger partial charge in [0.05, 0.1) is 18.6 Å². The van der Waals surface area contributed by atoms with Crippen molar-refractivity contribution in [2.24, 2.45) is 0 Å². The molecule has 6 nitrogen and oxygen atoms in total. The Morgan fingerprint density at radius 2 is 2.04 bits per heavy atom. The van der Waals surface area contributed by atoms with Crippen LogP contribution in [0.4, 0.5) is 5.82 Å². The molecule has 0 atom stereocenters. The van der Waals surface area contributed by atoms with Crippen LogP contribution in [0.15, 0.2) is 22.8 Å². The first-order valence-electron chi connectivity index (χ1n) is 8.39. The Balaban J connectivity index is 1.79. The number of nitrogens with one attached hydrogen (secondary N) is 1. The van der Waals surface area contributed by atoms with Gasteiger partial charge in [-0.1, -0.05) is 0 Å². The van der Waals surface area contributed by atoms with Gasteiger partial charge in [0.1, 0.15) is 5.82 Å². The van der Waals surface area contributed by atoms with Gasteiger partial charge >= 0.3 is 0 Å². The summed E-state index contributed by atoms with van der Waals surface area (Å²) in [6, 6.07) is 3.80. The molecule has 0 bridgehead atoms. The molecule has 122 valence electrons. The second-order valence-electron chi connectivity index (χ2n) is 5.98. The lowest BCUT2D eigenvalue weighted by Crippen LogP contribution is -2.29. The summed E-state index contributed by atoms with van der Waals surface area (Å²) in [5.41, 5.74) is 2.43. The van der Waals surface area contributed by atoms with Crippen molar-refractivity contribution >= 4 is 5.82 Å². The molecule has 0 spiro atoms. The van der Waals surface area contributed by atoms with E-state index in [0.717, 1.165) is 75.9 Å². The number of aromatic nitrogens is 2. The van der Waals surface area contributed by atoms with Crippen molar-refractivity contribution in [1.82, 2.24) is 15.3 Å². The average Bonchev–Trinajstić information content (AvgIpc) is 2.84. The number of rotatable bonds is 2. The Hall–Kier alpha value is -1.92. The summed E-state index contributed by atoms with van der Waals surface area (Å²) in [5, 5.41) is 3.46. The number of nitrogens with zero attached hydrogens (tertiary/aromatic N) is 3. The van der Waals surface area contributed by atoms with Gasteiger partial charge in [-0.2, -0.15) is 0 Å². The minimum Gasteiger partial charge on any atom is -0.461 e. The van der Waals surface area contributed by atoms with Gasteiger partial charge in [-0.05, 0) is 31.5 Å². The van der Waals surface area contributed by atoms with E-state index in [1.54, 1.807) is 6.26 Å². The summed E-state index contributed by atoms with van der Waals surface area (Å²) >= 11 is 0. The quantitative estimate of drug-likeness (QED) is 0.909. The molecule has 4 rings (SSSR count). The molecule has 4 heterocycles. The Labute approximate surface area is 135 Å². The highest BCUT2D eigenvalue weighted by molar-refractivity contribution is 5.57. The van der Waals surface area contributed by atoms with E-state index >= 15 is 0 Å². The molecule has 1 N–H and O–H groups in total. The van der Waals surface area contributed by atoms with E-state index in [9.17, 15) is 0 Å². The summed E-state index contributed by atoms with van der Waals surface area (Å²) < 4.78 is 11.1. The van der Waals surface area contributed by atoms with Gasteiger partial charge < -0.3 is 19.4 Å². The lowest BCUT2D eigenvalue weighted by Gasteiger charge is -2.24. The molecular weight excluding hydrogens is 292 g/mol. The number of hydrogen-bond acceptors (Lipinski definition) is 6. The van der Waals surface area contributed by atoms with Crippen LogP contribution in [0.2, 0.25) is 0 Å². The molecule has 0 amide bonds. The molecule has 2 aromatic heterocycles. The van der Waals surface area contributed by atoms with Crippen molar-refractivity contribution < 1.29 is 9.15 Å². The van der Waals surface area contributed by atoms with Crippen molar-refractivity contribution in [2.45, 2.75) is 19.3 Å². The zero-order chi connectivity index (χ0) is 15.5. The normalized spacial score (nSPS) is 19.0. The van der Waals surface area contributed by atoms with E-state index in [2.05, 4.69) is 10.2 Å². The molecule has 2 aliphatic rings. The fourth-order valence-corrected chi connectivity index (χ4v) is 3.26. The van der Waals surface area contributed by atoms with Crippen molar-refractivity contribution in [3.05, 3.63) is 29.7 Å². The first kappa shape index (κ1) is 14.7. The lowest BCUT2D eigenvalue weighted by atomic mass is 10.1. The molecule has 0 radical (unpaired) electrons. The zero-order valence-electron chi connectivity index (χ0n) is 13.3. The van der Waals surface area contributed by atoms with Gasteiger partial charge in [0.25, 0.3) is 0 Å². The van der Waals surface area contributed by atoms with E-state index in [4.69, 9.17) is 19.1 Å². The van der Waals surface area contributed by atoms with E-state index < -0.39 is 0 Å². The third-order valence-corrected chi connectivity index (χ3v) is 4.42. The minimum absolute atomic E-state index is 0.691. The maximum atomic E-state index is 5.60. The van der Waals surface area contributed by atoms with Gasteiger partial charge in [0.2, 0.25) is 0 Å². The first-order valence-corrected chi connectivity index (χ1v) is 8.39. The van der Waals surface area contributed by atoms with E-state index in [1.165, 1.54) is 5.56 Å². The largest absolute Gasteiger partial charge is 0.461 e. The van der Waals surface area contributed by atoms with Gasteiger partial charge in [-0.25, -0.2) is 9.97 Å². The molecule has 0 unspecified atom stereocenters. The molecular formula is C17H22N4O2. The molecule has 23 heavy (non-hydrogen) atoms. The third kappa shape index (κ3) is 3.09. The van der Waals surface area contributed by atoms with Crippen molar-refractivity contribution in [3.8, 4) is 11.6 Å². The Morgan fingerprint density at radius 1 is 1.09 bits per heavy atom. The van der Waals surface area contributed by atoms with Gasteiger partial charge in [0.15, 0.2) is 11.6 Å². The monoisotopic (exact) mass is 314 g/mol. The van der Waals surface area contributed by atoms with Crippen molar-refractivity contribution in [3.63, 3.8) is 0 Å². The van der Waals surface area contributed by atoms with Gasteiger partial charge in [0, 0.05) is 38.2 Å². The minimum atomic E-state index is 0.691. The third-order valence-electron chi connectivity index (χ3n) is 4.42. The number of furan rings is 1. The van der Waals surface area contributed by atoms with Crippen LogP contribution in [0.25, 0.3) is 11.6 Å². The number of ether oxygens (including phenoxy) is 1. The van der Waals surface area contributed by atoms with E-state index in [1.807, 2.05) is 12.1 Å². The van der Waals surface area contributed by atoms with Crippen LogP contribution < -0.4 is 10.2 Å². The topological polar surface area (TPSA) is 63.4 Å². The second kappa shape index (κ2) is 6.68. The van der Waals surface area contributed by atoms with Crippen molar-refractivity contribution in [1.29, 1.82) is 0 Å². The van der Waals surface area contributed by atoms with Crippen LogP contribution in [0.3, 0.4) is 0 Å². The first-order chi connectivity index (χ1) is 11.4. The number of fused-ring (bicyclic) bond motifs is 1. The molecule has 0 aliphatic carbocycles. The summed E-state index contributed by atoms with van der Waals surface area (Å²) in [5.74, 6) is 2.49. The fraction of sp³-hybridized carbons (Fsp3) is 0.529. The molecule has 0 aromatic carbocycles. The molecule has 6 heteroatoms. The molecule has 0 saturated carbocycles. The standard InChI is InChI=1S/C17H22N4O2/c1-3-15(23-11-1)16-19-14-5-7-18-6-4-13(14)17(20-16)21-8-2-10-22-12-9-21/h1,3,11,18H,2,4-10,12H2. The molecule has 2 aromatic rings. The van der Waals surface area contributed by atoms with Crippen LogP contribution in [-0.2, 0) is 17.6 Å². The van der Waals surface area contributed by atoms with Crippen LogP contribution >= 0.6 is 0 Å². The average molecular weight is 314 g/mol. The van der Waals surface area contributed by atoms with E-state index in [0.29, 0.717) is 5.82 Å². The Kier molecular flexibility index (Phi) is 4.26. The van der Waals surface area contributed by atoms with Crippen LogP contribution in [0.5, 0.6) is 0 Å².